The molecule has 6 nitrogen and oxygen atoms in total. The molecule has 0 spiro atoms. The Morgan fingerprint density at radius 3 is 2.26 bits per heavy atom. The fourth-order valence-corrected chi connectivity index (χ4v) is 4.47. The van der Waals surface area contributed by atoms with Gasteiger partial charge in [-0.25, -0.2) is 8.42 Å². The van der Waals surface area contributed by atoms with Gasteiger partial charge in [0.25, 0.3) is 0 Å². The summed E-state index contributed by atoms with van der Waals surface area (Å²) in [5.41, 5.74) is 0. The van der Waals surface area contributed by atoms with Gasteiger partial charge in [0.1, 0.15) is 11.5 Å². The van der Waals surface area contributed by atoms with Crippen molar-refractivity contribution >= 4 is 22.4 Å². The number of hydrogen-bond acceptors (Lipinski definition) is 5. The van der Waals surface area contributed by atoms with Gasteiger partial charge in [-0.2, -0.15) is 4.31 Å². The topological polar surface area (TPSA) is 67.9 Å². The van der Waals surface area contributed by atoms with E-state index < -0.39 is 10.0 Å². The first kappa shape index (κ1) is 20.0. The summed E-state index contributed by atoms with van der Waals surface area (Å²) in [6.07, 6.45) is 1.61. The molecule has 132 valence electrons. The molecule has 0 amide bonds. The molecule has 1 aromatic carbocycles. The zero-order valence-corrected chi connectivity index (χ0v) is 15.4. The van der Waals surface area contributed by atoms with E-state index in [9.17, 15) is 8.42 Å². The predicted octanol–water partition coefficient (Wildman–Crippen LogP) is 1.89. The smallest absolute Gasteiger partial charge is 0.243 e. The van der Waals surface area contributed by atoms with Crippen molar-refractivity contribution in [3.05, 3.63) is 18.2 Å². The molecule has 23 heavy (non-hydrogen) atoms. The Hall–Kier alpha value is -1.02. The minimum absolute atomic E-state index is 0. The number of rotatable bonds is 7. The van der Waals surface area contributed by atoms with Crippen LogP contribution in [0.15, 0.2) is 23.1 Å². The first-order valence-corrected chi connectivity index (χ1v) is 8.92. The monoisotopic (exact) mass is 364 g/mol. The molecule has 1 N–H and O–H groups in total. The average Bonchev–Trinajstić information content (AvgIpc) is 3.05. The maximum atomic E-state index is 13.0. The molecule has 0 saturated carbocycles. The molecule has 1 aliphatic heterocycles. The van der Waals surface area contributed by atoms with Crippen LogP contribution in [0.3, 0.4) is 0 Å². The predicted molar refractivity (Wildman–Crippen MR) is 92.3 cm³/mol. The van der Waals surface area contributed by atoms with Gasteiger partial charge in [0.05, 0.1) is 19.1 Å². The molecular weight excluding hydrogens is 340 g/mol. The summed E-state index contributed by atoms with van der Waals surface area (Å²) >= 11 is 0. The number of nitrogens with one attached hydrogen (secondary N) is 1. The average molecular weight is 365 g/mol. The number of methoxy groups -OCH3 is 2. The van der Waals surface area contributed by atoms with Gasteiger partial charge in [-0.3, -0.25) is 0 Å². The molecule has 1 saturated heterocycles. The summed E-state index contributed by atoms with van der Waals surface area (Å²) in [7, 11) is -0.559. The van der Waals surface area contributed by atoms with Gasteiger partial charge >= 0.3 is 0 Å². The summed E-state index contributed by atoms with van der Waals surface area (Å²) in [5, 5.41) is 3.22. The number of ether oxygens (including phenoxy) is 2. The third kappa shape index (κ3) is 4.50. The molecule has 8 heteroatoms. The highest BCUT2D eigenvalue weighted by Crippen LogP contribution is 2.29. The van der Waals surface area contributed by atoms with E-state index >= 15 is 0 Å². The molecule has 1 unspecified atom stereocenters. The van der Waals surface area contributed by atoms with Gasteiger partial charge in [0, 0.05) is 37.3 Å². The minimum atomic E-state index is -3.58. The lowest BCUT2D eigenvalue weighted by atomic mass is 10.2. The molecular formula is C15H25ClN2O4S. The van der Waals surface area contributed by atoms with Crippen molar-refractivity contribution in [1.82, 2.24) is 9.62 Å². The highest BCUT2D eigenvalue weighted by atomic mass is 35.5. The minimum Gasteiger partial charge on any atom is -0.497 e. The van der Waals surface area contributed by atoms with Crippen LogP contribution >= 0.6 is 12.4 Å². The van der Waals surface area contributed by atoms with E-state index in [2.05, 4.69) is 5.32 Å². The highest BCUT2D eigenvalue weighted by molar-refractivity contribution is 7.89. The fourth-order valence-electron chi connectivity index (χ4n) is 2.67. The summed E-state index contributed by atoms with van der Waals surface area (Å²) in [5.74, 6) is 0.942. The lowest BCUT2D eigenvalue weighted by Crippen LogP contribution is -2.42. The van der Waals surface area contributed by atoms with Crippen LogP contribution in [0.5, 0.6) is 11.5 Å². The Balaban J connectivity index is 0.00000264. The fraction of sp³-hybridized carbons (Fsp3) is 0.600. The van der Waals surface area contributed by atoms with E-state index in [4.69, 9.17) is 9.47 Å². The Morgan fingerprint density at radius 2 is 1.83 bits per heavy atom. The van der Waals surface area contributed by atoms with Crippen molar-refractivity contribution in [2.45, 2.75) is 30.7 Å². The third-order valence-electron chi connectivity index (χ3n) is 3.82. The Labute approximate surface area is 144 Å². The summed E-state index contributed by atoms with van der Waals surface area (Å²) < 4.78 is 38.0. The molecule has 0 aromatic heterocycles. The number of sulfonamides is 1. The second-order valence-electron chi connectivity index (χ2n) is 5.31. The highest BCUT2D eigenvalue weighted by Gasteiger charge is 2.33. The maximum absolute atomic E-state index is 13.0. The molecule has 1 fully saturated rings. The van der Waals surface area contributed by atoms with Gasteiger partial charge in [-0.1, -0.05) is 6.92 Å². The second-order valence-corrected chi connectivity index (χ2v) is 7.20. The van der Waals surface area contributed by atoms with Crippen LogP contribution in [-0.4, -0.2) is 52.6 Å². The van der Waals surface area contributed by atoms with Gasteiger partial charge in [-0.15, -0.1) is 12.4 Å². The van der Waals surface area contributed by atoms with Crippen LogP contribution in [0.1, 0.15) is 19.8 Å². The lowest BCUT2D eigenvalue weighted by molar-refractivity contribution is 0.334. The molecule has 1 atom stereocenters. The summed E-state index contributed by atoms with van der Waals surface area (Å²) in [6, 6.07) is 4.76. The molecule has 2 rings (SSSR count). The summed E-state index contributed by atoms with van der Waals surface area (Å²) in [6.45, 7) is 4.04. The third-order valence-corrected chi connectivity index (χ3v) is 5.75. The van der Waals surface area contributed by atoms with Crippen molar-refractivity contribution in [2.75, 3.05) is 33.9 Å². The van der Waals surface area contributed by atoms with Gasteiger partial charge < -0.3 is 14.8 Å². The van der Waals surface area contributed by atoms with E-state index in [1.165, 1.54) is 14.2 Å². The van der Waals surface area contributed by atoms with Crippen molar-refractivity contribution in [3.8, 4) is 11.5 Å². The molecule has 1 aliphatic rings. The number of nitrogens with zero attached hydrogens (tertiary/aromatic N) is 1. The Bertz CT molecular complexity index is 581. The Kier molecular flexibility index (Phi) is 7.60. The zero-order valence-electron chi connectivity index (χ0n) is 13.7. The molecule has 0 aliphatic carbocycles. The van der Waals surface area contributed by atoms with Crippen LogP contribution in [0.25, 0.3) is 0 Å². The first-order chi connectivity index (χ1) is 10.5. The molecule has 1 heterocycles. The van der Waals surface area contributed by atoms with Crippen LogP contribution in [-0.2, 0) is 10.0 Å². The Morgan fingerprint density at radius 1 is 1.22 bits per heavy atom. The van der Waals surface area contributed by atoms with Crippen molar-refractivity contribution in [1.29, 1.82) is 0 Å². The van der Waals surface area contributed by atoms with Crippen LogP contribution in [0.4, 0.5) is 0 Å². The number of hydrogen-bond donors (Lipinski definition) is 1. The van der Waals surface area contributed by atoms with Crippen LogP contribution in [0.2, 0.25) is 0 Å². The normalized spacial score (nSPS) is 17.8. The first-order valence-electron chi connectivity index (χ1n) is 7.48. The van der Waals surface area contributed by atoms with E-state index in [-0.39, 0.29) is 23.3 Å². The van der Waals surface area contributed by atoms with E-state index in [1.54, 1.807) is 22.5 Å². The van der Waals surface area contributed by atoms with E-state index in [0.29, 0.717) is 24.6 Å². The quantitative estimate of drug-likeness (QED) is 0.800. The maximum Gasteiger partial charge on any atom is 0.243 e. The van der Waals surface area contributed by atoms with Crippen molar-refractivity contribution in [2.24, 2.45) is 0 Å². The van der Waals surface area contributed by atoms with Gasteiger partial charge in [0.2, 0.25) is 10.0 Å². The number of halogens is 1. The van der Waals surface area contributed by atoms with Gasteiger partial charge in [0.15, 0.2) is 0 Å². The van der Waals surface area contributed by atoms with E-state index in [1.807, 2.05) is 6.92 Å². The molecule has 1 aromatic rings. The molecule has 0 radical (unpaired) electrons. The van der Waals surface area contributed by atoms with E-state index in [0.717, 1.165) is 19.4 Å². The lowest BCUT2D eigenvalue weighted by Gasteiger charge is -2.27. The number of benzene rings is 1. The summed E-state index contributed by atoms with van der Waals surface area (Å²) in [4.78, 5) is 0.212. The molecule has 0 bridgehead atoms. The second kappa shape index (κ2) is 8.73. The van der Waals surface area contributed by atoms with Crippen molar-refractivity contribution < 1.29 is 17.9 Å². The van der Waals surface area contributed by atoms with Crippen molar-refractivity contribution in [3.63, 3.8) is 0 Å². The largest absolute Gasteiger partial charge is 0.497 e. The SMILES string of the molecule is CCCN(C1CCNC1)S(=O)(=O)c1cc(OC)cc(OC)c1.Cl. The zero-order chi connectivity index (χ0) is 16.2. The van der Waals surface area contributed by atoms with Crippen LogP contribution < -0.4 is 14.8 Å². The standard InChI is InChI=1S/C15H24N2O4S.ClH/c1-4-7-17(12-5-6-16-11-12)22(18,19)15-9-13(20-2)8-14(10-15)21-3;/h8-10,12,16H,4-7,11H2,1-3H3;1H. The van der Waals surface area contributed by atoms with Crippen LogP contribution in [0, 0.1) is 0 Å². The van der Waals surface area contributed by atoms with Gasteiger partial charge in [-0.05, 0) is 19.4 Å².